The zero-order valence-corrected chi connectivity index (χ0v) is 12.4. The van der Waals surface area contributed by atoms with E-state index in [-0.39, 0.29) is 12.2 Å². The molecule has 0 saturated heterocycles. The van der Waals surface area contributed by atoms with Gasteiger partial charge in [0.1, 0.15) is 6.10 Å². The lowest BCUT2D eigenvalue weighted by atomic mass is 9.85. The van der Waals surface area contributed by atoms with Gasteiger partial charge < -0.3 is 14.8 Å². The summed E-state index contributed by atoms with van der Waals surface area (Å²) in [5.41, 5.74) is 2.14. The van der Waals surface area contributed by atoms with Crippen LogP contribution in [0, 0.1) is 0 Å². The Bertz CT molecular complexity index is 553. The van der Waals surface area contributed by atoms with Crippen LogP contribution in [0.2, 0.25) is 0 Å². The highest BCUT2D eigenvalue weighted by Gasteiger charge is 2.42. The highest BCUT2D eigenvalue weighted by atomic mass is 16.5. The molecule has 0 aliphatic heterocycles. The zero-order chi connectivity index (χ0) is 14.7. The first-order valence-electron chi connectivity index (χ1n) is 7.33. The van der Waals surface area contributed by atoms with Crippen molar-refractivity contribution in [2.24, 2.45) is 0 Å². The molecule has 1 N–H and O–H groups in total. The molecule has 3 atom stereocenters. The molecule has 3 rings (SSSR count). The van der Waals surface area contributed by atoms with Crippen LogP contribution in [0.15, 0.2) is 42.7 Å². The van der Waals surface area contributed by atoms with Gasteiger partial charge in [-0.15, -0.1) is 0 Å². The highest BCUT2D eigenvalue weighted by Crippen LogP contribution is 2.30. The van der Waals surface area contributed by atoms with Crippen LogP contribution in [0.4, 0.5) is 5.69 Å². The van der Waals surface area contributed by atoms with Crippen LogP contribution in [-0.4, -0.2) is 41.7 Å². The Kier molecular flexibility index (Phi) is 4.22. The number of aromatic nitrogens is 2. The van der Waals surface area contributed by atoms with E-state index in [1.165, 1.54) is 0 Å². The van der Waals surface area contributed by atoms with Crippen molar-refractivity contribution >= 4 is 5.69 Å². The Labute approximate surface area is 124 Å². The summed E-state index contributed by atoms with van der Waals surface area (Å²) < 4.78 is 13.0. The summed E-state index contributed by atoms with van der Waals surface area (Å²) in [6.07, 6.45) is 5.02. The smallest absolute Gasteiger partial charge is 0.103 e. The van der Waals surface area contributed by atoms with Crippen molar-refractivity contribution in [2.75, 3.05) is 19.0 Å². The monoisotopic (exact) mass is 287 g/mol. The molecule has 21 heavy (non-hydrogen) atoms. The van der Waals surface area contributed by atoms with Gasteiger partial charge >= 0.3 is 0 Å². The van der Waals surface area contributed by atoms with E-state index in [4.69, 9.17) is 9.47 Å². The Morgan fingerprint density at radius 3 is 2.76 bits per heavy atom. The lowest BCUT2D eigenvalue weighted by Gasteiger charge is -2.43. The minimum absolute atomic E-state index is 0.121. The summed E-state index contributed by atoms with van der Waals surface area (Å²) in [5, 5.41) is 7.73. The van der Waals surface area contributed by atoms with Gasteiger partial charge in [0.2, 0.25) is 0 Å². The molecular formula is C16H21N3O2. The van der Waals surface area contributed by atoms with Crippen LogP contribution in [0.5, 0.6) is 0 Å². The molecule has 1 aliphatic carbocycles. The highest BCUT2D eigenvalue weighted by molar-refractivity contribution is 5.49. The lowest BCUT2D eigenvalue weighted by Crippen LogP contribution is -2.56. The Morgan fingerprint density at radius 2 is 2.14 bits per heavy atom. The molecule has 1 aliphatic rings. The molecule has 0 radical (unpaired) electrons. The topological polar surface area (TPSA) is 48.3 Å². The van der Waals surface area contributed by atoms with E-state index in [9.17, 15) is 0 Å². The standard InChI is InChI=1S/C16H21N3O2/c1-3-21-15-11-14(16(15)20-2)18-12-5-7-13(8-6-12)19-10-4-9-17-19/h4-10,14-16,18H,3,11H2,1-2H3. The average Bonchev–Trinajstić information content (AvgIpc) is 3.01. The SMILES string of the molecule is CCOC1CC(Nc2ccc(-n3cccn3)cc2)C1OC. The van der Waals surface area contributed by atoms with E-state index < -0.39 is 0 Å². The van der Waals surface area contributed by atoms with Gasteiger partial charge in [-0.2, -0.15) is 5.10 Å². The van der Waals surface area contributed by atoms with Gasteiger partial charge in [-0.3, -0.25) is 0 Å². The van der Waals surface area contributed by atoms with E-state index in [2.05, 4.69) is 34.7 Å². The molecule has 0 spiro atoms. The van der Waals surface area contributed by atoms with Gasteiger partial charge in [-0.05, 0) is 43.7 Å². The minimum Gasteiger partial charge on any atom is -0.379 e. The maximum Gasteiger partial charge on any atom is 0.103 e. The van der Waals surface area contributed by atoms with Gasteiger partial charge in [-0.25, -0.2) is 4.68 Å². The van der Waals surface area contributed by atoms with Gasteiger partial charge in [0.05, 0.1) is 17.8 Å². The molecule has 0 amide bonds. The fourth-order valence-electron chi connectivity index (χ4n) is 2.76. The summed E-state index contributed by atoms with van der Waals surface area (Å²) in [5.74, 6) is 0. The fraction of sp³-hybridized carbons (Fsp3) is 0.438. The molecule has 2 aromatic rings. The summed E-state index contributed by atoms with van der Waals surface area (Å²) in [6, 6.07) is 10.5. The molecule has 112 valence electrons. The predicted octanol–water partition coefficient (Wildman–Crippen LogP) is 2.48. The van der Waals surface area contributed by atoms with E-state index >= 15 is 0 Å². The largest absolute Gasteiger partial charge is 0.379 e. The van der Waals surface area contributed by atoms with Crippen LogP contribution in [0.25, 0.3) is 5.69 Å². The average molecular weight is 287 g/mol. The lowest BCUT2D eigenvalue weighted by molar-refractivity contribution is -0.118. The molecular weight excluding hydrogens is 266 g/mol. The maximum absolute atomic E-state index is 5.64. The van der Waals surface area contributed by atoms with E-state index in [1.54, 1.807) is 13.3 Å². The van der Waals surface area contributed by atoms with E-state index in [0.29, 0.717) is 6.04 Å². The zero-order valence-electron chi connectivity index (χ0n) is 12.4. The van der Waals surface area contributed by atoms with E-state index in [0.717, 1.165) is 24.4 Å². The second-order valence-corrected chi connectivity index (χ2v) is 5.18. The molecule has 5 heteroatoms. The summed E-state index contributed by atoms with van der Waals surface area (Å²) >= 11 is 0. The fourth-order valence-corrected chi connectivity index (χ4v) is 2.76. The van der Waals surface area contributed by atoms with E-state index in [1.807, 2.05) is 23.9 Å². The van der Waals surface area contributed by atoms with Gasteiger partial charge in [-0.1, -0.05) is 0 Å². The van der Waals surface area contributed by atoms with Crippen molar-refractivity contribution in [1.82, 2.24) is 9.78 Å². The third kappa shape index (κ3) is 2.94. The number of hydrogen-bond donors (Lipinski definition) is 1. The second kappa shape index (κ2) is 6.28. The normalized spacial score (nSPS) is 24.6. The van der Waals surface area contributed by atoms with Crippen molar-refractivity contribution in [2.45, 2.75) is 31.6 Å². The number of hydrogen-bond acceptors (Lipinski definition) is 4. The van der Waals surface area contributed by atoms with Gasteiger partial charge in [0.25, 0.3) is 0 Å². The summed E-state index contributed by atoms with van der Waals surface area (Å²) in [4.78, 5) is 0. The van der Waals surface area contributed by atoms with Crippen molar-refractivity contribution in [3.8, 4) is 5.69 Å². The van der Waals surface area contributed by atoms with Crippen LogP contribution in [-0.2, 0) is 9.47 Å². The Balaban J connectivity index is 1.61. The first-order valence-corrected chi connectivity index (χ1v) is 7.33. The predicted molar refractivity (Wildman–Crippen MR) is 81.8 cm³/mol. The van der Waals surface area contributed by atoms with Crippen molar-refractivity contribution < 1.29 is 9.47 Å². The number of anilines is 1. The molecule has 1 aromatic carbocycles. The van der Waals surface area contributed by atoms with Gasteiger partial charge in [0, 0.05) is 31.8 Å². The number of methoxy groups -OCH3 is 1. The van der Waals surface area contributed by atoms with Crippen LogP contribution in [0.1, 0.15) is 13.3 Å². The Hall–Kier alpha value is -1.85. The first kappa shape index (κ1) is 14.1. The molecule has 0 bridgehead atoms. The van der Waals surface area contributed by atoms with Crippen LogP contribution >= 0.6 is 0 Å². The molecule has 1 heterocycles. The number of rotatable bonds is 6. The first-order chi connectivity index (χ1) is 10.3. The Morgan fingerprint density at radius 1 is 1.33 bits per heavy atom. The number of benzene rings is 1. The third-order valence-corrected chi connectivity index (χ3v) is 3.89. The maximum atomic E-state index is 5.64. The van der Waals surface area contributed by atoms with Crippen LogP contribution < -0.4 is 5.32 Å². The molecule has 5 nitrogen and oxygen atoms in total. The van der Waals surface area contributed by atoms with Crippen molar-refractivity contribution in [3.05, 3.63) is 42.7 Å². The third-order valence-electron chi connectivity index (χ3n) is 3.89. The van der Waals surface area contributed by atoms with Crippen molar-refractivity contribution in [1.29, 1.82) is 0 Å². The molecule has 1 saturated carbocycles. The van der Waals surface area contributed by atoms with Crippen LogP contribution in [0.3, 0.4) is 0 Å². The van der Waals surface area contributed by atoms with Crippen molar-refractivity contribution in [3.63, 3.8) is 0 Å². The number of ether oxygens (including phenoxy) is 2. The quantitative estimate of drug-likeness (QED) is 0.886. The molecule has 1 aromatic heterocycles. The van der Waals surface area contributed by atoms with Gasteiger partial charge in [0.15, 0.2) is 0 Å². The summed E-state index contributed by atoms with van der Waals surface area (Å²) in [6.45, 7) is 2.75. The second-order valence-electron chi connectivity index (χ2n) is 5.18. The number of nitrogens with zero attached hydrogens (tertiary/aromatic N) is 2. The summed E-state index contributed by atoms with van der Waals surface area (Å²) in [7, 11) is 1.74. The minimum atomic E-state index is 0.121. The number of nitrogens with one attached hydrogen (secondary N) is 1. The molecule has 3 unspecified atom stereocenters. The molecule has 1 fully saturated rings.